The fraction of sp³-hybridized carbons (Fsp3) is 0.278. The van der Waals surface area contributed by atoms with Gasteiger partial charge in [-0.1, -0.05) is 37.3 Å². The van der Waals surface area contributed by atoms with Crippen LogP contribution in [0.1, 0.15) is 31.9 Å². The van der Waals surface area contributed by atoms with E-state index in [1.54, 1.807) is 6.92 Å². The van der Waals surface area contributed by atoms with Crippen LogP contribution in [-0.4, -0.2) is 12.0 Å². The largest absolute Gasteiger partial charge is 0.481 e. The second kappa shape index (κ2) is 7.59. The topological polar surface area (TPSA) is 38.3 Å². The first kappa shape index (κ1) is 16.0. The predicted molar refractivity (Wildman–Crippen MR) is 84.1 cm³/mol. The Labute approximate surface area is 130 Å². The maximum absolute atomic E-state index is 12.9. The summed E-state index contributed by atoms with van der Waals surface area (Å²) >= 11 is 0. The van der Waals surface area contributed by atoms with Crippen molar-refractivity contribution in [1.29, 1.82) is 0 Å². The highest BCUT2D eigenvalue weighted by Gasteiger charge is 2.19. The molecule has 0 aliphatic heterocycles. The highest BCUT2D eigenvalue weighted by atomic mass is 19.1. The minimum absolute atomic E-state index is 0.0482. The number of ether oxygens (including phenoxy) is 1. The Morgan fingerprint density at radius 2 is 1.77 bits per heavy atom. The van der Waals surface area contributed by atoms with Gasteiger partial charge in [-0.25, -0.2) is 4.39 Å². The van der Waals surface area contributed by atoms with Crippen molar-refractivity contribution in [3.63, 3.8) is 0 Å². The Morgan fingerprint density at radius 3 is 2.36 bits per heavy atom. The third-order valence-corrected chi connectivity index (χ3v) is 3.42. The number of carbonyl (C=O) groups excluding carboxylic acids is 1. The summed E-state index contributed by atoms with van der Waals surface area (Å²) in [7, 11) is 0. The Morgan fingerprint density at radius 1 is 1.14 bits per heavy atom. The van der Waals surface area contributed by atoms with Crippen molar-refractivity contribution in [3.8, 4) is 5.75 Å². The van der Waals surface area contributed by atoms with E-state index in [0.29, 0.717) is 5.75 Å². The van der Waals surface area contributed by atoms with Crippen molar-refractivity contribution in [2.75, 3.05) is 0 Å². The van der Waals surface area contributed by atoms with E-state index in [2.05, 4.69) is 5.32 Å². The van der Waals surface area contributed by atoms with E-state index < -0.39 is 6.10 Å². The van der Waals surface area contributed by atoms with Crippen molar-refractivity contribution >= 4 is 5.91 Å². The number of hydrogen-bond donors (Lipinski definition) is 1. The van der Waals surface area contributed by atoms with Crippen molar-refractivity contribution in [2.24, 2.45) is 0 Å². The normalized spacial score (nSPS) is 13.2. The van der Waals surface area contributed by atoms with Crippen LogP contribution in [-0.2, 0) is 4.79 Å². The Balaban J connectivity index is 1.96. The molecule has 3 nitrogen and oxygen atoms in total. The summed E-state index contributed by atoms with van der Waals surface area (Å²) in [6.07, 6.45) is 0.141. The molecule has 2 aromatic rings. The fourth-order valence-corrected chi connectivity index (χ4v) is 2.17. The Kier molecular flexibility index (Phi) is 5.53. The lowest BCUT2D eigenvalue weighted by atomic mass is 10.0. The van der Waals surface area contributed by atoms with E-state index in [9.17, 15) is 9.18 Å². The SMILES string of the molecule is CC[C@H](NC(=O)[C@H](C)Oc1ccc(F)cc1)c1ccccc1. The molecule has 2 aromatic carbocycles. The highest BCUT2D eigenvalue weighted by molar-refractivity contribution is 5.81. The van der Waals surface area contributed by atoms with E-state index >= 15 is 0 Å². The van der Waals surface area contributed by atoms with Gasteiger partial charge >= 0.3 is 0 Å². The second-order valence-electron chi connectivity index (χ2n) is 5.09. The van der Waals surface area contributed by atoms with Crippen molar-refractivity contribution in [3.05, 3.63) is 66.0 Å². The lowest BCUT2D eigenvalue weighted by Gasteiger charge is -2.21. The molecule has 0 aromatic heterocycles. The van der Waals surface area contributed by atoms with Gasteiger partial charge in [-0.15, -0.1) is 0 Å². The zero-order chi connectivity index (χ0) is 15.9. The molecule has 0 radical (unpaired) electrons. The van der Waals surface area contributed by atoms with E-state index in [1.807, 2.05) is 37.3 Å². The molecule has 2 rings (SSSR count). The maximum Gasteiger partial charge on any atom is 0.261 e. The summed E-state index contributed by atoms with van der Waals surface area (Å²) in [5.74, 6) is -0.0589. The summed E-state index contributed by atoms with van der Waals surface area (Å²) in [6.45, 7) is 3.69. The van der Waals surface area contributed by atoms with Gasteiger partial charge in [-0.2, -0.15) is 0 Å². The zero-order valence-electron chi connectivity index (χ0n) is 12.8. The van der Waals surface area contributed by atoms with Gasteiger partial charge in [-0.3, -0.25) is 4.79 Å². The Hall–Kier alpha value is -2.36. The van der Waals surface area contributed by atoms with Crippen LogP contribution in [0.5, 0.6) is 5.75 Å². The standard InChI is InChI=1S/C18H20FNO2/c1-3-17(14-7-5-4-6-8-14)20-18(21)13(2)22-16-11-9-15(19)10-12-16/h4-13,17H,3H2,1-2H3,(H,20,21)/t13-,17-/m0/s1. The quantitative estimate of drug-likeness (QED) is 0.880. The van der Waals surface area contributed by atoms with Crippen LogP contribution in [0.4, 0.5) is 4.39 Å². The number of benzene rings is 2. The van der Waals surface area contributed by atoms with E-state index in [-0.39, 0.29) is 17.8 Å². The molecule has 1 amide bonds. The minimum atomic E-state index is -0.650. The molecule has 0 heterocycles. The number of halogens is 1. The summed E-state index contributed by atoms with van der Waals surface area (Å²) < 4.78 is 18.4. The van der Waals surface area contributed by atoms with Gasteiger partial charge in [0.2, 0.25) is 0 Å². The van der Waals surface area contributed by atoms with Crippen LogP contribution in [0, 0.1) is 5.82 Å². The van der Waals surface area contributed by atoms with Gasteiger partial charge < -0.3 is 10.1 Å². The molecule has 0 aliphatic rings. The fourth-order valence-electron chi connectivity index (χ4n) is 2.17. The molecule has 4 heteroatoms. The third kappa shape index (κ3) is 4.32. The minimum Gasteiger partial charge on any atom is -0.481 e. The smallest absolute Gasteiger partial charge is 0.261 e. The molecule has 0 unspecified atom stereocenters. The van der Waals surface area contributed by atoms with Gasteiger partial charge in [-0.05, 0) is 43.2 Å². The first-order valence-corrected chi connectivity index (χ1v) is 7.37. The molecule has 0 spiro atoms. The number of hydrogen-bond acceptors (Lipinski definition) is 2. The van der Waals surface area contributed by atoms with Crippen LogP contribution in [0.2, 0.25) is 0 Å². The molecule has 0 saturated heterocycles. The molecular formula is C18H20FNO2. The van der Waals surface area contributed by atoms with E-state index in [0.717, 1.165) is 12.0 Å². The zero-order valence-corrected chi connectivity index (χ0v) is 12.8. The number of amides is 1. The molecule has 0 fully saturated rings. The van der Waals surface area contributed by atoms with Gasteiger partial charge in [0.05, 0.1) is 6.04 Å². The molecule has 2 atom stereocenters. The van der Waals surface area contributed by atoms with Gasteiger partial charge in [0.25, 0.3) is 5.91 Å². The van der Waals surface area contributed by atoms with Crippen LogP contribution >= 0.6 is 0 Å². The number of carbonyl (C=O) groups is 1. The summed E-state index contributed by atoms with van der Waals surface area (Å²) in [4.78, 5) is 12.2. The molecule has 22 heavy (non-hydrogen) atoms. The predicted octanol–water partition coefficient (Wildman–Crippen LogP) is 3.86. The average Bonchev–Trinajstić information content (AvgIpc) is 2.55. The van der Waals surface area contributed by atoms with Crippen molar-refractivity contribution < 1.29 is 13.9 Å². The van der Waals surface area contributed by atoms with Crippen molar-refractivity contribution in [2.45, 2.75) is 32.4 Å². The van der Waals surface area contributed by atoms with Crippen LogP contribution in [0.3, 0.4) is 0 Å². The Bertz CT molecular complexity index is 598. The number of nitrogens with one attached hydrogen (secondary N) is 1. The average molecular weight is 301 g/mol. The van der Waals surface area contributed by atoms with Crippen LogP contribution in [0.15, 0.2) is 54.6 Å². The molecule has 116 valence electrons. The number of rotatable bonds is 6. The summed E-state index contributed by atoms with van der Waals surface area (Å²) in [5.41, 5.74) is 1.06. The van der Waals surface area contributed by atoms with E-state index in [4.69, 9.17) is 4.74 Å². The lowest BCUT2D eigenvalue weighted by molar-refractivity contribution is -0.128. The van der Waals surface area contributed by atoms with Crippen molar-refractivity contribution in [1.82, 2.24) is 5.32 Å². The molecule has 0 saturated carbocycles. The summed E-state index contributed by atoms with van der Waals surface area (Å²) in [5, 5.41) is 2.98. The summed E-state index contributed by atoms with van der Waals surface area (Å²) in [6, 6.07) is 15.4. The van der Waals surface area contributed by atoms with Crippen LogP contribution < -0.4 is 10.1 Å². The third-order valence-electron chi connectivity index (χ3n) is 3.42. The molecular weight excluding hydrogens is 281 g/mol. The lowest BCUT2D eigenvalue weighted by Crippen LogP contribution is -2.38. The molecule has 1 N–H and O–H groups in total. The van der Waals surface area contributed by atoms with Crippen LogP contribution in [0.25, 0.3) is 0 Å². The first-order chi connectivity index (χ1) is 10.6. The molecule has 0 bridgehead atoms. The van der Waals surface area contributed by atoms with E-state index in [1.165, 1.54) is 24.3 Å². The first-order valence-electron chi connectivity index (χ1n) is 7.37. The molecule has 0 aliphatic carbocycles. The van der Waals surface area contributed by atoms with Gasteiger partial charge in [0.1, 0.15) is 11.6 Å². The maximum atomic E-state index is 12.9. The van der Waals surface area contributed by atoms with Gasteiger partial charge in [0, 0.05) is 0 Å². The highest BCUT2D eigenvalue weighted by Crippen LogP contribution is 2.17. The van der Waals surface area contributed by atoms with Gasteiger partial charge in [0.15, 0.2) is 6.10 Å². The monoisotopic (exact) mass is 301 g/mol. The second-order valence-corrected chi connectivity index (χ2v) is 5.09.